The third kappa shape index (κ3) is 5.79. The highest BCUT2D eigenvalue weighted by atomic mass is 32.2. The fourth-order valence-electron chi connectivity index (χ4n) is 3.68. The first-order valence-electron chi connectivity index (χ1n) is 11.1. The highest BCUT2D eigenvalue weighted by molar-refractivity contribution is 7.98. The van der Waals surface area contributed by atoms with Crippen LogP contribution in [0.3, 0.4) is 0 Å². The Morgan fingerprint density at radius 1 is 0.943 bits per heavy atom. The van der Waals surface area contributed by atoms with Crippen molar-refractivity contribution >= 4 is 28.6 Å². The zero-order chi connectivity index (χ0) is 23.9. The molecule has 0 aliphatic heterocycles. The minimum absolute atomic E-state index is 0.259. The summed E-state index contributed by atoms with van der Waals surface area (Å²) in [5.41, 5.74) is 3.50. The van der Waals surface area contributed by atoms with Crippen molar-refractivity contribution in [3.8, 4) is 0 Å². The predicted molar refractivity (Wildman–Crippen MR) is 133 cm³/mol. The number of ether oxygens (including phenoxy) is 1. The fraction of sp³-hybridized carbons (Fsp3) is 0.148. The van der Waals surface area contributed by atoms with Crippen molar-refractivity contribution in [3.05, 3.63) is 114 Å². The van der Waals surface area contributed by atoms with E-state index in [1.54, 1.807) is 24.7 Å². The van der Waals surface area contributed by atoms with Crippen molar-refractivity contribution in [2.75, 3.05) is 0 Å². The molecule has 0 aliphatic rings. The Balaban J connectivity index is 1.25. The van der Waals surface area contributed by atoms with Crippen LogP contribution in [-0.2, 0) is 30.2 Å². The molecule has 2 aromatic carbocycles. The van der Waals surface area contributed by atoms with Gasteiger partial charge in [0.15, 0.2) is 10.9 Å². The quantitative estimate of drug-likeness (QED) is 0.199. The van der Waals surface area contributed by atoms with Crippen molar-refractivity contribution in [2.45, 2.75) is 30.7 Å². The lowest BCUT2D eigenvalue weighted by Crippen LogP contribution is -2.23. The highest BCUT2D eigenvalue weighted by Gasteiger charge is 2.21. The van der Waals surface area contributed by atoms with E-state index >= 15 is 0 Å². The van der Waals surface area contributed by atoms with Gasteiger partial charge in [0.25, 0.3) is 5.91 Å². The van der Waals surface area contributed by atoms with Crippen molar-refractivity contribution in [1.82, 2.24) is 15.3 Å². The number of furan rings is 2. The zero-order valence-electron chi connectivity index (χ0n) is 18.8. The number of hydrogen-bond acceptors (Lipinski definition) is 7. The van der Waals surface area contributed by atoms with E-state index in [2.05, 4.69) is 15.3 Å². The number of carbonyl (C=O) groups is 1. The van der Waals surface area contributed by atoms with Crippen molar-refractivity contribution in [2.24, 2.45) is 0 Å². The van der Waals surface area contributed by atoms with E-state index in [9.17, 15) is 4.79 Å². The lowest BCUT2D eigenvalue weighted by Gasteiger charge is -2.08. The first-order valence-corrected chi connectivity index (χ1v) is 12.1. The number of amides is 1. The summed E-state index contributed by atoms with van der Waals surface area (Å²) in [6.45, 7) is 1.24. The molecule has 0 aliphatic carbocycles. The number of para-hydroxylation sites is 1. The van der Waals surface area contributed by atoms with Gasteiger partial charge in [-0.15, -0.1) is 0 Å². The Morgan fingerprint density at radius 2 is 1.80 bits per heavy atom. The lowest BCUT2D eigenvalue weighted by atomic mass is 10.1. The maximum absolute atomic E-state index is 13.1. The van der Waals surface area contributed by atoms with Crippen LogP contribution in [0.15, 0.2) is 99.4 Å². The lowest BCUT2D eigenvalue weighted by molar-refractivity contribution is 0.0921. The standard InChI is InChI=1S/C27H23N3O4S/c31-26(30-15-19-6-3-7-20(14-19)16-32-17-21-8-4-13-33-21)25-23(18-35-27-28-11-5-12-29-27)22-9-1-2-10-24(22)34-25/h1-14H,15-18H2,(H,30,31). The molecule has 5 aromatic rings. The molecular weight excluding hydrogens is 462 g/mol. The molecule has 0 fully saturated rings. The topological polar surface area (TPSA) is 90.4 Å². The van der Waals surface area contributed by atoms with Gasteiger partial charge in [0.05, 0.1) is 12.9 Å². The number of hydrogen-bond donors (Lipinski definition) is 1. The summed E-state index contributed by atoms with van der Waals surface area (Å²) in [7, 11) is 0. The molecule has 5 rings (SSSR count). The largest absolute Gasteiger partial charge is 0.467 e. The van der Waals surface area contributed by atoms with Crippen molar-refractivity contribution < 1.29 is 18.4 Å². The second-order valence-corrected chi connectivity index (χ2v) is 8.74. The minimum atomic E-state index is -0.259. The maximum atomic E-state index is 13.1. The molecular formula is C27H23N3O4S. The number of carbonyl (C=O) groups excluding carboxylic acids is 1. The summed E-state index contributed by atoms with van der Waals surface area (Å²) in [5, 5.41) is 4.55. The van der Waals surface area contributed by atoms with E-state index in [4.69, 9.17) is 13.6 Å². The van der Waals surface area contributed by atoms with Crippen LogP contribution < -0.4 is 5.32 Å². The summed E-state index contributed by atoms with van der Waals surface area (Å²) in [5.74, 6) is 1.36. The predicted octanol–water partition coefficient (Wildman–Crippen LogP) is 5.75. The van der Waals surface area contributed by atoms with Gasteiger partial charge in [-0.05, 0) is 35.4 Å². The van der Waals surface area contributed by atoms with Gasteiger partial charge in [-0.25, -0.2) is 9.97 Å². The number of nitrogens with zero attached hydrogens (tertiary/aromatic N) is 2. The molecule has 0 spiro atoms. The van der Waals surface area contributed by atoms with E-state index in [-0.39, 0.29) is 5.91 Å². The summed E-state index contributed by atoms with van der Waals surface area (Å²) in [6.07, 6.45) is 5.03. The van der Waals surface area contributed by atoms with Crippen LogP contribution in [0.5, 0.6) is 0 Å². The molecule has 1 N–H and O–H groups in total. The maximum Gasteiger partial charge on any atom is 0.287 e. The van der Waals surface area contributed by atoms with Crippen LogP contribution in [0.1, 0.15) is 33.0 Å². The Hall–Kier alpha value is -3.88. The minimum Gasteiger partial charge on any atom is -0.467 e. The molecule has 0 unspecified atom stereocenters. The summed E-state index contributed by atoms with van der Waals surface area (Å²) in [4.78, 5) is 21.6. The highest BCUT2D eigenvalue weighted by Crippen LogP contribution is 2.31. The van der Waals surface area contributed by atoms with Gasteiger partial charge in [-0.1, -0.05) is 54.2 Å². The van der Waals surface area contributed by atoms with E-state index in [0.29, 0.717) is 42.0 Å². The Bertz CT molecular complexity index is 1400. The third-order valence-electron chi connectivity index (χ3n) is 5.33. The van der Waals surface area contributed by atoms with Gasteiger partial charge >= 0.3 is 0 Å². The van der Waals surface area contributed by atoms with Crippen molar-refractivity contribution in [3.63, 3.8) is 0 Å². The molecule has 7 nitrogen and oxygen atoms in total. The number of aromatic nitrogens is 2. The average molecular weight is 486 g/mol. The van der Waals surface area contributed by atoms with Crippen LogP contribution >= 0.6 is 11.8 Å². The molecule has 0 radical (unpaired) electrons. The Kier molecular flexibility index (Phi) is 7.21. The van der Waals surface area contributed by atoms with Gasteiger partial charge in [-0.3, -0.25) is 4.79 Å². The monoisotopic (exact) mass is 485 g/mol. The van der Waals surface area contributed by atoms with Gasteiger partial charge in [-0.2, -0.15) is 0 Å². The number of benzene rings is 2. The van der Waals surface area contributed by atoms with Gasteiger partial charge in [0, 0.05) is 35.6 Å². The average Bonchev–Trinajstić information content (AvgIpc) is 3.55. The second kappa shape index (κ2) is 11.0. The van der Waals surface area contributed by atoms with Gasteiger partial charge < -0.3 is 18.9 Å². The smallest absolute Gasteiger partial charge is 0.287 e. The van der Waals surface area contributed by atoms with Crippen LogP contribution in [0, 0.1) is 0 Å². The molecule has 1 amide bonds. The van der Waals surface area contributed by atoms with Gasteiger partial charge in [0.2, 0.25) is 0 Å². The van der Waals surface area contributed by atoms with Crippen LogP contribution in [0.4, 0.5) is 0 Å². The molecule has 176 valence electrons. The molecule has 8 heteroatoms. The molecule has 3 aromatic heterocycles. The molecule has 0 atom stereocenters. The normalized spacial score (nSPS) is 11.1. The number of fused-ring (bicyclic) bond motifs is 1. The summed E-state index contributed by atoms with van der Waals surface area (Å²) < 4.78 is 17.0. The van der Waals surface area contributed by atoms with Crippen LogP contribution in [0.25, 0.3) is 11.0 Å². The molecule has 35 heavy (non-hydrogen) atoms. The zero-order valence-corrected chi connectivity index (χ0v) is 19.7. The van der Waals surface area contributed by atoms with E-state index < -0.39 is 0 Å². The van der Waals surface area contributed by atoms with Gasteiger partial charge in [0.1, 0.15) is 18.0 Å². The Labute approximate surface area is 206 Å². The molecule has 0 saturated carbocycles. The van der Waals surface area contributed by atoms with Crippen LogP contribution in [-0.4, -0.2) is 15.9 Å². The first kappa shape index (κ1) is 22.9. The first-order chi connectivity index (χ1) is 17.3. The summed E-state index contributed by atoms with van der Waals surface area (Å²) >= 11 is 1.46. The Morgan fingerprint density at radius 3 is 2.66 bits per heavy atom. The molecule has 3 heterocycles. The van der Waals surface area contributed by atoms with Crippen LogP contribution in [0.2, 0.25) is 0 Å². The number of thioether (sulfide) groups is 1. The SMILES string of the molecule is O=C(NCc1cccc(COCc2ccco2)c1)c1oc2ccccc2c1CSc1ncccn1. The van der Waals surface area contributed by atoms with E-state index in [1.165, 1.54) is 11.8 Å². The van der Waals surface area contributed by atoms with E-state index in [0.717, 1.165) is 27.8 Å². The number of rotatable bonds is 10. The van der Waals surface area contributed by atoms with Crippen molar-refractivity contribution in [1.29, 1.82) is 0 Å². The molecule has 0 saturated heterocycles. The third-order valence-corrected chi connectivity index (χ3v) is 6.23. The van der Waals surface area contributed by atoms with E-state index in [1.807, 2.05) is 60.7 Å². The number of nitrogens with one attached hydrogen (secondary N) is 1. The summed E-state index contributed by atoms with van der Waals surface area (Å²) in [6, 6.07) is 21.1. The molecule has 0 bridgehead atoms. The fourth-order valence-corrected chi connectivity index (χ4v) is 4.51. The second-order valence-electron chi connectivity index (χ2n) is 7.80.